The minimum atomic E-state index is -0.418. The average Bonchev–Trinajstić information content (AvgIpc) is 2.81. The van der Waals surface area contributed by atoms with Crippen molar-refractivity contribution in [3.63, 3.8) is 0 Å². The Bertz CT molecular complexity index is 534. The van der Waals surface area contributed by atoms with E-state index in [2.05, 4.69) is 34.2 Å². The molecule has 0 aromatic carbocycles. The van der Waals surface area contributed by atoms with Crippen molar-refractivity contribution >= 4 is 33.4 Å². The summed E-state index contributed by atoms with van der Waals surface area (Å²) in [6.45, 7) is 11.4. The maximum atomic E-state index is 12.2. The van der Waals surface area contributed by atoms with Crippen LogP contribution in [0.5, 0.6) is 0 Å². The Morgan fingerprint density at radius 2 is 2.25 bits per heavy atom. The predicted molar refractivity (Wildman–Crippen MR) is 104 cm³/mol. The summed E-state index contributed by atoms with van der Waals surface area (Å²) in [6.07, 6.45) is 3.20. The smallest absolute Gasteiger partial charge is 0.410 e. The number of likely N-dealkylation sites (tertiary alicyclic amines) is 1. The number of carbonyl (C=O) groups is 1. The Morgan fingerprint density at radius 3 is 2.88 bits per heavy atom. The number of rotatable bonds is 5. The zero-order valence-corrected chi connectivity index (χ0v) is 17.6. The largest absolute Gasteiger partial charge is 0.444 e. The fourth-order valence-corrected chi connectivity index (χ4v) is 4.49. The standard InChI is InChI=1S/C18H29BrN2O2S/c1-13-16(19)10-15(24-13)11-20-8-7-14-6-5-9-21(12-14)17(22)23-18(2,3)4/h10,14,20H,5-9,11-12H2,1-4H3. The van der Waals surface area contributed by atoms with E-state index < -0.39 is 5.60 Å². The molecule has 1 aromatic heterocycles. The van der Waals surface area contributed by atoms with E-state index in [0.29, 0.717) is 5.92 Å². The second kappa shape index (κ2) is 8.68. The van der Waals surface area contributed by atoms with Gasteiger partial charge in [-0.15, -0.1) is 11.3 Å². The van der Waals surface area contributed by atoms with Crippen LogP contribution in [0.15, 0.2) is 10.5 Å². The molecule has 0 radical (unpaired) electrons. The summed E-state index contributed by atoms with van der Waals surface area (Å²) >= 11 is 5.39. The van der Waals surface area contributed by atoms with Crippen molar-refractivity contribution in [3.8, 4) is 0 Å². The first-order valence-electron chi connectivity index (χ1n) is 8.68. The first-order chi connectivity index (χ1) is 11.2. The highest BCUT2D eigenvalue weighted by Gasteiger charge is 2.27. The number of aryl methyl sites for hydroxylation is 1. The lowest BCUT2D eigenvalue weighted by molar-refractivity contribution is 0.0162. The number of nitrogens with one attached hydrogen (secondary N) is 1. The summed E-state index contributed by atoms with van der Waals surface area (Å²) in [7, 11) is 0. The lowest BCUT2D eigenvalue weighted by atomic mass is 9.95. The van der Waals surface area contributed by atoms with Crippen LogP contribution >= 0.6 is 27.3 Å². The second-order valence-electron chi connectivity index (χ2n) is 7.52. The molecule has 4 nitrogen and oxygen atoms in total. The molecular weight excluding hydrogens is 388 g/mol. The van der Waals surface area contributed by atoms with Crippen LogP contribution in [0.3, 0.4) is 0 Å². The van der Waals surface area contributed by atoms with Crippen molar-refractivity contribution in [1.29, 1.82) is 0 Å². The van der Waals surface area contributed by atoms with Gasteiger partial charge in [-0.1, -0.05) is 0 Å². The average molecular weight is 417 g/mol. The van der Waals surface area contributed by atoms with E-state index in [1.807, 2.05) is 37.0 Å². The van der Waals surface area contributed by atoms with E-state index >= 15 is 0 Å². The third kappa shape index (κ3) is 6.37. The van der Waals surface area contributed by atoms with Crippen LogP contribution in [0.25, 0.3) is 0 Å². The lowest BCUT2D eigenvalue weighted by Crippen LogP contribution is -2.43. The number of amides is 1. The molecule has 1 aromatic rings. The molecule has 136 valence electrons. The van der Waals surface area contributed by atoms with Gasteiger partial charge < -0.3 is 15.0 Å². The molecule has 2 rings (SSSR count). The summed E-state index contributed by atoms with van der Waals surface area (Å²) in [6, 6.07) is 2.19. The van der Waals surface area contributed by atoms with Gasteiger partial charge >= 0.3 is 6.09 Å². The van der Waals surface area contributed by atoms with Gasteiger partial charge in [0.1, 0.15) is 5.60 Å². The van der Waals surface area contributed by atoms with E-state index in [1.54, 1.807) is 0 Å². The number of piperidine rings is 1. The third-order valence-corrected chi connectivity index (χ3v) is 6.24. The fourth-order valence-electron chi connectivity index (χ4n) is 2.92. The van der Waals surface area contributed by atoms with Crippen LogP contribution in [0.1, 0.15) is 49.8 Å². The summed E-state index contributed by atoms with van der Waals surface area (Å²) in [5.41, 5.74) is -0.418. The van der Waals surface area contributed by atoms with Gasteiger partial charge in [-0.05, 0) is 81.4 Å². The van der Waals surface area contributed by atoms with Gasteiger partial charge in [-0.2, -0.15) is 0 Å². The number of thiophene rings is 1. The molecule has 0 bridgehead atoms. The molecule has 1 saturated heterocycles. The van der Waals surface area contributed by atoms with Gasteiger partial charge in [0.2, 0.25) is 0 Å². The molecule has 1 amide bonds. The zero-order chi connectivity index (χ0) is 17.7. The predicted octanol–water partition coefficient (Wildman–Crippen LogP) is 4.95. The topological polar surface area (TPSA) is 41.6 Å². The van der Waals surface area contributed by atoms with E-state index in [9.17, 15) is 4.79 Å². The minimum absolute atomic E-state index is 0.168. The monoisotopic (exact) mass is 416 g/mol. The molecule has 1 aliphatic rings. The molecule has 6 heteroatoms. The van der Waals surface area contributed by atoms with Crippen molar-refractivity contribution in [2.24, 2.45) is 5.92 Å². The van der Waals surface area contributed by atoms with Crippen molar-refractivity contribution in [1.82, 2.24) is 10.2 Å². The molecule has 2 heterocycles. The Morgan fingerprint density at radius 1 is 1.50 bits per heavy atom. The van der Waals surface area contributed by atoms with Crippen molar-refractivity contribution < 1.29 is 9.53 Å². The van der Waals surface area contributed by atoms with E-state index in [-0.39, 0.29) is 6.09 Å². The van der Waals surface area contributed by atoms with E-state index in [0.717, 1.165) is 39.0 Å². The maximum Gasteiger partial charge on any atom is 0.410 e. The van der Waals surface area contributed by atoms with Gasteiger partial charge in [0.05, 0.1) is 0 Å². The van der Waals surface area contributed by atoms with Crippen LogP contribution in [-0.4, -0.2) is 36.2 Å². The van der Waals surface area contributed by atoms with E-state index in [1.165, 1.54) is 20.6 Å². The molecule has 0 spiro atoms. The van der Waals surface area contributed by atoms with Crippen LogP contribution in [0.4, 0.5) is 4.79 Å². The van der Waals surface area contributed by atoms with Gasteiger partial charge in [0, 0.05) is 33.9 Å². The molecule has 24 heavy (non-hydrogen) atoms. The number of hydrogen-bond acceptors (Lipinski definition) is 4. The first kappa shape index (κ1) is 19.7. The Hall–Kier alpha value is -0.590. The summed E-state index contributed by atoms with van der Waals surface area (Å²) in [5.74, 6) is 0.565. The summed E-state index contributed by atoms with van der Waals surface area (Å²) in [5, 5.41) is 3.53. The maximum absolute atomic E-state index is 12.2. The number of nitrogens with zero attached hydrogens (tertiary/aromatic N) is 1. The molecule has 1 fully saturated rings. The Labute approximate surface area is 158 Å². The lowest BCUT2D eigenvalue weighted by Gasteiger charge is -2.34. The quantitative estimate of drug-likeness (QED) is 0.690. The molecule has 0 saturated carbocycles. The van der Waals surface area contributed by atoms with E-state index in [4.69, 9.17) is 4.74 Å². The minimum Gasteiger partial charge on any atom is -0.444 e. The van der Waals surface area contributed by atoms with Crippen molar-refractivity contribution in [2.75, 3.05) is 19.6 Å². The third-order valence-electron chi connectivity index (χ3n) is 4.11. The summed E-state index contributed by atoms with van der Waals surface area (Å²) in [4.78, 5) is 16.8. The van der Waals surface area contributed by atoms with Crippen molar-refractivity contribution in [2.45, 2.75) is 59.1 Å². The highest BCUT2D eigenvalue weighted by Crippen LogP contribution is 2.26. The Kier molecular flexibility index (Phi) is 7.13. The Balaban J connectivity index is 1.70. The van der Waals surface area contributed by atoms with Gasteiger partial charge in [-0.25, -0.2) is 4.79 Å². The second-order valence-corrected chi connectivity index (χ2v) is 9.71. The molecule has 1 unspecified atom stereocenters. The highest BCUT2D eigenvalue weighted by molar-refractivity contribution is 9.10. The van der Waals surface area contributed by atoms with Crippen LogP contribution in [0, 0.1) is 12.8 Å². The molecule has 0 aliphatic carbocycles. The summed E-state index contributed by atoms with van der Waals surface area (Å²) < 4.78 is 6.69. The SMILES string of the molecule is Cc1sc(CNCCC2CCCN(C(=O)OC(C)(C)C)C2)cc1Br. The number of hydrogen-bond donors (Lipinski definition) is 1. The van der Waals surface area contributed by atoms with Crippen LogP contribution < -0.4 is 5.32 Å². The fraction of sp³-hybridized carbons (Fsp3) is 0.722. The highest BCUT2D eigenvalue weighted by atomic mass is 79.9. The van der Waals surface area contributed by atoms with Crippen molar-refractivity contribution in [3.05, 3.63) is 20.3 Å². The zero-order valence-electron chi connectivity index (χ0n) is 15.2. The number of ether oxygens (including phenoxy) is 1. The number of carbonyl (C=O) groups excluding carboxylic acids is 1. The van der Waals surface area contributed by atoms with Gasteiger partial charge in [0.15, 0.2) is 0 Å². The van der Waals surface area contributed by atoms with Crippen LogP contribution in [-0.2, 0) is 11.3 Å². The van der Waals surface area contributed by atoms with Gasteiger partial charge in [0.25, 0.3) is 0 Å². The first-order valence-corrected chi connectivity index (χ1v) is 10.3. The molecule has 1 N–H and O–H groups in total. The van der Waals surface area contributed by atoms with Gasteiger partial charge in [-0.3, -0.25) is 0 Å². The molecule has 1 atom stereocenters. The number of halogens is 1. The van der Waals surface area contributed by atoms with Crippen LogP contribution in [0.2, 0.25) is 0 Å². The molecular formula is C18H29BrN2O2S. The normalized spacial score (nSPS) is 18.7. The molecule has 1 aliphatic heterocycles.